The van der Waals surface area contributed by atoms with Gasteiger partial charge in [-0.15, -0.1) is 6.42 Å². The highest BCUT2D eigenvalue weighted by atomic mass is 16.6. The van der Waals surface area contributed by atoms with Crippen LogP contribution < -0.4 is 5.32 Å². The van der Waals surface area contributed by atoms with Crippen LogP contribution in [-0.4, -0.2) is 46.6 Å². The predicted octanol–water partition coefficient (Wildman–Crippen LogP) is 4.06. The molecule has 0 aromatic rings. The van der Waals surface area contributed by atoms with Gasteiger partial charge < -0.3 is 20.4 Å². The third-order valence-corrected chi connectivity index (χ3v) is 9.88. The minimum atomic E-state index is -0.964. The van der Waals surface area contributed by atoms with E-state index in [2.05, 4.69) is 36.3 Å². The third kappa shape index (κ3) is 4.74. The first-order valence-corrected chi connectivity index (χ1v) is 13.2. The van der Waals surface area contributed by atoms with Crippen LogP contribution in [0.4, 0.5) is 0 Å². The minimum absolute atomic E-state index is 0.113. The summed E-state index contributed by atoms with van der Waals surface area (Å²) < 4.78 is 0. The van der Waals surface area contributed by atoms with E-state index in [9.17, 15) is 14.7 Å². The van der Waals surface area contributed by atoms with Gasteiger partial charge >= 0.3 is 5.97 Å². The zero-order chi connectivity index (χ0) is 25.3. The van der Waals surface area contributed by atoms with E-state index in [1.54, 1.807) is 0 Å². The fourth-order valence-corrected chi connectivity index (χ4v) is 7.75. The molecular weight excluding hydrogens is 444 g/mol. The molecule has 1 amide bonds. The van der Waals surface area contributed by atoms with Crippen molar-refractivity contribution >= 4 is 17.6 Å². The van der Waals surface area contributed by atoms with Crippen molar-refractivity contribution < 1.29 is 24.6 Å². The van der Waals surface area contributed by atoms with Gasteiger partial charge in [0.05, 0.1) is 5.71 Å². The van der Waals surface area contributed by atoms with Crippen LogP contribution in [0, 0.1) is 40.9 Å². The molecule has 0 aromatic heterocycles. The zero-order valence-corrected chi connectivity index (χ0v) is 21.1. The van der Waals surface area contributed by atoms with Crippen LogP contribution in [0.25, 0.3) is 0 Å². The molecule has 7 nitrogen and oxygen atoms in total. The second kappa shape index (κ2) is 9.97. The average molecular weight is 485 g/mol. The van der Waals surface area contributed by atoms with Crippen LogP contribution in [-0.2, 0) is 14.4 Å². The highest BCUT2D eigenvalue weighted by molar-refractivity contribution is 5.96. The highest BCUT2D eigenvalue weighted by Crippen LogP contribution is 2.67. The Kier molecular flexibility index (Phi) is 7.33. The lowest BCUT2D eigenvalue weighted by Crippen LogP contribution is -2.54. The SMILES string of the molecule is C#C[C@]1(O)CC[C@@H]2[C@H]3CCC4=CC(=NOCC(=O)NCCCCC(=O)O)CC[C@]4(C)[C@@H]3CC[C@@]21C. The molecule has 0 saturated heterocycles. The molecule has 0 spiro atoms. The van der Waals surface area contributed by atoms with E-state index in [0.717, 1.165) is 57.1 Å². The molecule has 0 radical (unpaired) electrons. The second-order valence-corrected chi connectivity index (χ2v) is 11.6. The summed E-state index contributed by atoms with van der Waals surface area (Å²) in [5.74, 6) is 3.39. The van der Waals surface area contributed by atoms with Crippen LogP contribution in [0.5, 0.6) is 0 Å². The molecule has 6 atom stereocenters. The normalized spacial score (nSPS) is 39.0. The predicted molar refractivity (Wildman–Crippen MR) is 133 cm³/mol. The molecule has 0 unspecified atom stereocenters. The summed E-state index contributed by atoms with van der Waals surface area (Å²) >= 11 is 0. The number of nitrogens with one attached hydrogen (secondary N) is 1. The number of amides is 1. The van der Waals surface area contributed by atoms with Gasteiger partial charge in [0.15, 0.2) is 6.61 Å². The summed E-state index contributed by atoms with van der Waals surface area (Å²) in [6, 6.07) is 0. The summed E-state index contributed by atoms with van der Waals surface area (Å²) in [6.07, 6.45) is 17.1. The van der Waals surface area contributed by atoms with Gasteiger partial charge in [0.1, 0.15) is 5.60 Å². The number of fused-ring (bicyclic) bond motifs is 5. The highest BCUT2D eigenvalue weighted by Gasteiger charge is 2.63. The van der Waals surface area contributed by atoms with Gasteiger partial charge in [-0.05, 0) is 93.5 Å². The van der Waals surface area contributed by atoms with Crippen LogP contribution in [0.3, 0.4) is 0 Å². The smallest absolute Gasteiger partial charge is 0.303 e. The fourth-order valence-electron chi connectivity index (χ4n) is 7.75. The van der Waals surface area contributed by atoms with Crippen LogP contribution in [0.2, 0.25) is 0 Å². The number of hydrogen-bond donors (Lipinski definition) is 3. The first-order valence-electron chi connectivity index (χ1n) is 13.2. The van der Waals surface area contributed by atoms with Gasteiger partial charge in [-0.1, -0.05) is 30.5 Å². The summed E-state index contributed by atoms with van der Waals surface area (Å²) in [5, 5.41) is 26.8. The topological polar surface area (TPSA) is 108 Å². The number of carboxylic acids is 1. The Balaban J connectivity index is 1.33. The maximum atomic E-state index is 11.9. The number of terminal acetylenes is 1. The van der Waals surface area contributed by atoms with Crippen LogP contribution in [0.15, 0.2) is 16.8 Å². The number of rotatable bonds is 8. The first kappa shape index (κ1) is 25.8. The standard InChI is InChI=1S/C28H40N2O5/c1-4-28(34)15-12-23-21-9-8-19-17-20(10-13-26(19,2)22(21)11-14-27(23,28)3)30-35-18-24(31)29-16-6-5-7-25(32)33/h1,17,21-23,34H,5-16,18H2,2-3H3,(H,29,31)(H,32,33)/t21-,22+,23+,26-,27-,28-/m0/s1. The van der Waals surface area contributed by atoms with Crippen molar-refractivity contribution in [3.05, 3.63) is 11.6 Å². The van der Waals surface area contributed by atoms with E-state index in [1.165, 1.54) is 5.57 Å². The van der Waals surface area contributed by atoms with Crippen LogP contribution in [0.1, 0.15) is 84.5 Å². The number of unbranched alkanes of at least 4 members (excludes halogenated alkanes) is 1. The summed E-state index contributed by atoms with van der Waals surface area (Å²) in [5.41, 5.74) is 1.35. The lowest BCUT2D eigenvalue weighted by molar-refractivity contribution is -0.137. The Labute approximate surface area is 208 Å². The average Bonchev–Trinajstić information content (AvgIpc) is 3.10. The van der Waals surface area contributed by atoms with Crippen molar-refractivity contribution in [2.75, 3.05) is 13.2 Å². The number of aliphatic carboxylic acids is 1. The van der Waals surface area contributed by atoms with Crippen molar-refractivity contribution in [2.24, 2.45) is 33.7 Å². The molecule has 3 fully saturated rings. The third-order valence-electron chi connectivity index (χ3n) is 9.88. The van der Waals surface area contributed by atoms with Crippen molar-refractivity contribution in [1.29, 1.82) is 0 Å². The fraction of sp³-hybridized carbons (Fsp3) is 0.750. The molecule has 3 saturated carbocycles. The quantitative estimate of drug-likeness (QED) is 0.274. The van der Waals surface area contributed by atoms with Crippen molar-refractivity contribution in [3.63, 3.8) is 0 Å². The Morgan fingerprint density at radius 1 is 1.17 bits per heavy atom. The lowest BCUT2D eigenvalue weighted by atomic mass is 9.46. The van der Waals surface area contributed by atoms with Gasteiger partial charge in [-0.2, -0.15) is 0 Å². The van der Waals surface area contributed by atoms with Gasteiger partial charge in [-0.3, -0.25) is 9.59 Å². The molecule has 4 aliphatic rings. The van der Waals surface area contributed by atoms with Crippen LogP contribution >= 0.6 is 0 Å². The molecule has 3 N–H and O–H groups in total. The number of carbonyl (C=O) groups excluding carboxylic acids is 1. The number of carboxylic acid groups (broad SMARTS) is 1. The zero-order valence-electron chi connectivity index (χ0n) is 21.1. The number of nitrogens with zero attached hydrogens (tertiary/aromatic N) is 1. The van der Waals surface area contributed by atoms with Crippen molar-refractivity contribution in [3.8, 4) is 12.3 Å². The Hall–Kier alpha value is -2.33. The largest absolute Gasteiger partial charge is 0.481 e. The first-order chi connectivity index (χ1) is 16.6. The Morgan fingerprint density at radius 2 is 1.94 bits per heavy atom. The molecule has 0 aliphatic heterocycles. The van der Waals surface area contributed by atoms with Gasteiger partial charge in [-0.25, -0.2) is 0 Å². The van der Waals surface area contributed by atoms with E-state index >= 15 is 0 Å². The van der Waals surface area contributed by atoms with Crippen molar-refractivity contribution in [2.45, 2.75) is 90.1 Å². The Morgan fingerprint density at radius 3 is 2.69 bits per heavy atom. The minimum Gasteiger partial charge on any atom is -0.481 e. The van der Waals surface area contributed by atoms with Crippen molar-refractivity contribution in [1.82, 2.24) is 5.32 Å². The summed E-state index contributed by atoms with van der Waals surface area (Å²) in [6.45, 7) is 4.95. The molecule has 4 aliphatic carbocycles. The molecule has 192 valence electrons. The number of hydrogen-bond acceptors (Lipinski definition) is 5. The molecule has 4 rings (SSSR count). The molecule has 0 heterocycles. The molecule has 7 heteroatoms. The summed E-state index contributed by atoms with van der Waals surface area (Å²) in [7, 11) is 0. The maximum Gasteiger partial charge on any atom is 0.303 e. The van der Waals surface area contributed by atoms with E-state index in [4.69, 9.17) is 16.4 Å². The van der Waals surface area contributed by atoms with E-state index < -0.39 is 11.6 Å². The number of allylic oxidation sites excluding steroid dienone is 2. The van der Waals surface area contributed by atoms with Gasteiger partial charge in [0.2, 0.25) is 0 Å². The maximum absolute atomic E-state index is 11.9. The van der Waals surface area contributed by atoms with Gasteiger partial charge in [0.25, 0.3) is 5.91 Å². The molecule has 35 heavy (non-hydrogen) atoms. The van der Waals surface area contributed by atoms with E-state index in [0.29, 0.717) is 37.1 Å². The number of oxime groups is 1. The number of aliphatic hydroxyl groups is 1. The Bertz CT molecular complexity index is 951. The molecule has 0 bridgehead atoms. The summed E-state index contributed by atoms with van der Waals surface area (Å²) in [4.78, 5) is 27.8. The van der Waals surface area contributed by atoms with E-state index in [1.807, 2.05) is 0 Å². The lowest BCUT2D eigenvalue weighted by Gasteiger charge is -2.58. The van der Waals surface area contributed by atoms with E-state index in [-0.39, 0.29) is 29.8 Å². The van der Waals surface area contributed by atoms with Gasteiger partial charge in [0, 0.05) is 18.4 Å². The number of carbonyl (C=O) groups is 2. The monoisotopic (exact) mass is 484 g/mol. The second-order valence-electron chi connectivity index (χ2n) is 11.6. The molecule has 0 aromatic carbocycles. The molecular formula is C28H40N2O5.